The van der Waals surface area contributed by atoms with Crippen molar-refractivity contribution >= 4 is 17.5 Å². The highest BCUT2D eigenvalue weighted by Crippen LogP contribution is 2.50. The zero-order valence-electron chi connectivity index (χ0n) is 21.8. The molecule has 0 saturated heterocycles. The van der Waals surface area contributed by atoms with Gasteiger partial charge < -0.3 is 25.3 Å². The number of benzene rings is 3. The number of alkyl halides is 4. The molecule has 0 aromatic heterocycles. The quantitative estimate of drug-likeness (QED) is 0.244. The minimum Gasteiger partial charge on any atom is -0.480 e. The van der Waals surface area contributed by atoms with Gasteiger partial charge in [-0.1, -0.05) is 41.9 Å². The van der Waals surface area contributed by atoms with Crippen molar-refractivity contribution in [2.45, 2.75) is 44.1 Å². The normalized spacial score (nSPS) is 21.3. The van der Waals surface area contributed by atoms with Crippen LogP contribution in [0.3, 0.4) is 0 Å². The minimum absolute atomic E-state index is 0.00405. The Morgan fingerprint density at radius 2 is 1.79 bits per heavy atom. The summed E-state index contributed by atoms with van der Waals surface area (Å²) in [6.07, 6.45) is 1.18. The van der Waals surface area contributed by atoms with E-state index < -0.39 is 58.3 Å². The van der Waals surface area contributed by atoms with Crippen molar-refractivity contribution in [2.75, 3.05) is 13.2 Å². The van der Waals surface area contributed by atoms with E-state index in [0.29, 0.717) is 18.4 Å². The van der Waals surface area contributed by atoms with Crippen LogP contribution in [0.25, 0.3) is 11.1 Å². The molecule has 1 fully saturated rings. The Balaban J connectivity index is 1.54. The monoisotopic (exact) mass is 614 g/mol. The van der Waals surface area contributed by atoms with E-state index in [1.807, 2.05) is 0 Å². The van der Waals surface area contributed by atoms with Crippen molar-refractivity contribution in [1.82, 2.24) is 5.32 Å². The Bertz CT molecular complexity index is 1470. The molecule has 1 heterocycles. The molecule has 0 unspecified atom stereocenters. The molecule has 1 saturated carbocycles. The molecule has 1 amide bonds. The molecule has 1 aliphatic heterocycles. The fourth-order valence-corrected chi connectivity index (χ4v) is 5.82. The summed E-state index contributed by atoms with van der Waals surface area (Å²) in [6, 6.07) is 11.7. The van der Waals surface area contributed by atoms with Crippen LogP contribution in [-0.2, 0) is 16.8 Å². The zero-order valence-corrected chi connectivity index (χ0v) is 22.6. The standard InChI is InChI=1S/C29H25ClF6N2O4/c30-24-19(31)10-21-18(22(24)23-17(26(37)39)6-7-20(25(23)32)41-28(35)36)11-29(42-21,15-4-2-1-3-5-15)13-38-16-8-14(9-16)12-40-27(33)34/h1-7,10,14,16,27-28,38H,8-9,11-13H2,(H2,37,39)/t14?,16?,29-/m1/s1. The van der Waals surface area contributed by atoms with Crippen molar-refractivity contribution < 1.29 is 45.3 Å². The number of carbonyl (C=O) groups excluding carboxylic acids is 1. The number of nitrogens with two attached hydrogens (primary N) is 1. The summed E-state index contributed by atoms with van der Waals surface area (Å²) in [5.74, 6) is -4.40. The Labute approximate surface area is 241 Å². The number of halogens is 7. The lowest BCUT2D eigenvalue weighted by Crippen LogP contribution is -2.50. The number of fused-ring (bicyclic) bond motifs is 1. The predicted molar refractivity (Wildman–Crippen MR) is 141 cm³/mol. The average molecular weight is 615 g/mol. The number of hydrogen-bond donors (Lipinski definition) is 2. The third-order valence-corrected chi connectivity index (χ3v) is 7.93. The van der Waals surface area contributed by atoms with E-state index in [0.717, 1.165) is 18.2 Å². The summed E-state index contributed by atoms with van der Waals surface area (Å²) in [7, 11) is 0. The first-order chi connectivity index (χ1) is 20.0. The van der Waals surface area contributed by atoms with Crippen molar-refractivity contribution in [2.24, 2.45) is 11.7 Å². The van der Waals surface area contributed by atoms with Crippen LogP contribution in [0.4, 0.5) is 26.3 Å². The van der Waals surface area contributed by atoms with E-state index in [9.17, 15) is 22.4 Å². The maximum Gasteiger partial charge on any atom is 0.387 e. The topological polar surface area (TPSA) is 82.8 Å². The highest BCUT2D eigenvalue weighted by atomic mass is 35.5. The van der Waals surface area contributed by atoms with Crippen LogP contribution in [-0.4, -0.2) is 38.3 Å². The van der Waals surface area contributed by atoms with Gasteiger partial charge in [-0.2, -0.15) is 17.6 Å². The van der Waals surface area contributed by atoms with Crippen LogP contribution in [0.15, 0.2) is 48.5 Å². The van der Waals surface area contributed by atoms with Gasteiger partial charge in [-0.25, -0.2) is 8.78 Å². The molecule has 224 valence electrons. The molecule has 2 aliphatic rings. The maximum absolute atomic E-state index is 15.7. The summed E-state index contributed by atoms with van der Waals surface area (Å²) in [4.78, 5) is 12.3. The Morgan fingerprint density at radius 3 is 2.43 bits per heavy atom. The summed E-state index contributed by atoms with van der Waals surface area (Å²) in [6.45, 7) is -6.11. The lowest BCUT2D eigenvalue weighted by atomic mass is 9.79. The zero-order chi connectivity index (χ0) is 30.2. The van der Waals surface area contributed by atoms with Crippen molar-refractivity contribution in [3.05, 3.63) is 81.9 Å². The fraction of sp³-hybridized carbons (Fsp3) is 0.345. The molecule has 6 nitrogen and oxygen atoms in total. The van der Waals surface area contributed by atoms with Gasteiger partial charge in [0, 0.05) is 41.8 Å². The molecule has 3 N–H and O–H groups in total. The van der Waals surface area contributed by atoms with E-state index in [1.165, 1.54) is 0 Å². The molecule has 0 radical (unpaired) electrons. The van der Waals surface area contributed by atoms with Crippen LogP contribution in [0.5, 0.6) is 11.5 Å². The highest BCUT2D eigenvalue weighted by molar-refractivity contribution is 6.34. The number of amides is 1. The first-order valence-corrected chi connectivity index (χ1v) is 13.3. The van der Waals surface area contributed by atoms with E-state index >= 15 is 8.78 Å². The summed E-state index contributed by atoms with van der Waals surface area (Å²) >= 11 is 6.37. The van der Waals surface area contributed by atoms with E-state index in [2.05, 4.69) is 14.8 Å². The minimum atomic E-state index is -3.38. The molecule has 13 heteroatoms. The molecule has 3 aromatic rings. The molecule has 1 atom stereocenters. The Morgan fingerprint density at radius 1 is 1.07 bits per heavy atom. The number of rotatable bonds is 11. The van der Waals surface area contributed by atoms with Crippen LogP contribution in [0.1, 0.15) is 34.3 Å². The SMILES string of the molecule is NC(=O)c1ccc(OC(F)F)c(F)c1-c1c(Cl)c(F)cc2c1C[C@@](CNC1CC(COC(F)F)C1)(c1ccccc1)O2. The van der Waals surface area contributed by atoms with Crippen molar-refractivity contribution in [3.63, 3.8) is 0 Å². The first kappa shape index (κ1) is 30.0. The third-order valence-electron chi connectivity index (χ3n) is 7.56. The van der Waals surface area contributed by atoms with Gasteiger partial charge in [0.2, 0.25) is 5.91 Å². The van der Waals surface area contributed by atoms with Gasteiger partial charge in [-0.15, -0.1) is 0 Å². The number of nitrogens with one attached hydrogen (secondary N) is 1. The second-order valence-corrected chi connectivity index (χ2v) is 10.6. The summed E-state index contributed by atoms with van der Waals surface area (Å²) in [5.41, 5.74) is 3.92. The molecule has 5 rings (SSSR count). The Kier molecular flexibility index (Phi) is 8.58. The molecule has 3 aromatic carbocycles. The van der Waals surface area contributed by atoms with Crippen LogP contribution < -0.4 is 20.5 Å². The number of primary amides is 1. The highest BCUT2D eigenvalue weighted by Gasteiger charge is 2.45. The van der Waals surface area contributed by atoms with Gasteiger partial charge in [0.05, 0.1) is 17.2 Å². The van der Waals surface area contributed by atoms with Crippen LogP contribution in [0.2, 0.25) is 5.02 Å². The second-order valence-electron chi connectivity index (χ2n) is 10.2. The lowest BCUT2D eigenvalue weighted by molar-refractivity contribution is -0.145. The van der Waals surface area contributed by atoms with Gasteiger partial charge in [0.1, 0.15) is 11.6 Å². The maximum atomic E-state index is 15.7. The molecule has 0 spiro atoms. The van der Waals surface area contributed by atoms with Gasteiger partial charge in [0.15, 0.2) is 17.2 Å². The number of hydrogen-bond acceptors (Lipinski definition) is 5. The third kappa shape index (κ3) is 5.88. The summed E-state index contributed by atoms with van der Waals surface area (Å²) < 4.78 is 96.7. The average Bonchev–Trinajstić information content (AvgIpc) is 3.28. The summed E-state index contributed by atoms with van der Waals surface area (Å²) in [5, 5.41) is 2.80. The van der Waals surface area contributed by atoms with Crippen molar-refractivity contribution in [3.8, 4) is 22.6 Å². The predicted octanol–water partition coefficient (Wildman–Crippen LogP) is 6.42. The number of carbonyl (C=O) groups is 1. The van der Waals surface area contributed by atoms with E-state index in [4.69, 9.17) is 22.1 Å². The molecule has 1 aliphatic carbocycles. The van der Waals surface area contributed by atoms with Crippen molar-refractivity contribution in [1.29, 1.82) is 0 Å². The van der Waals surface area contributed by atoms with Gasteiger partial charge in [-0.3, -0.25) is 4.79 Å². The molecule has 0 bridgehead atoms. The molecule has 42 heavy (non-hydrogen) atoms. The van der Waals surface area contributed by atoms with Gasteiger partial charge in [0.25, 0.3) is 0 Å². The molecular formula is C29H25ClF6N2O4. The molecular weight excluding hydrogens is 590 g/mol. The van der Waals surface area contributed by atoms with Gasteiger partial charge >= 0.3 is 13.2 Å². The smallest absolute Gasteiger partial charge is 0.387 e. The van der Waals surface area contributed by atoms with Crippen LogP contribution in [0, 0.1) is 17.6 Å². The second kappa shape index (κ2) is 12.0. The lowest BCUT2D eigenvalue weighted by Gasteiger charge is -2.39. The fourth-order valence-electron chi connectivity index (χ4n) is 5.55. The van der Waals surface area contributed by atoms with E-state index in [-0.39, 0.29) is 48.4 Å². The van der Waals surface area contributed by atoms with Crippen LogP contribution >= 0.6 is 11.6 Å². The largest absolute Gasteiger partial charge is 0.480 e. The van der Waals surface area contributed by atoms with E-state index in [1.54, 1.807) is 30.3 Å². The Hall–Kier alpha value is -3.48. The number of ether oxygens (including phenoxy) is 3. The first-order valence-electron chi connectivity index (χ1n) is 12.9. The van der Waals surface area contributed by atoms with Gasteiger partial charge in [-0.05, 0) is 36.5 Å².